The Morgan fingerprint density at radius 3 is 2.02 bits per heavy atom. The van der Waals surface area contributed by atoms with Gasteiger partial charge in [-0.3, -0.25) is 13.9 Å². The number of anilines is 1. The van der Waals surface area contributed by atoms with Crippen LogP contribution in [0.15, 0.2) is 108 Å². The number of carbonyl (C=O) groups excluding carboxylic acids is 2. The molecule has 1 N–H and O–H groups in total. The molecule has 0 spiro atoms. The Morgan fingerprint density at radius 2 is 1.42 bits per heavy atom. The lowest BCUT2D eigenvalue weighted by Gasteiger charge is -2.34. The van der Waals surface area contributed by atoms with Crippen molar-refractivity contribution in [3.63, 3.8) is 0 Å². The number of nitrogens with one attached hydrogen (secondary N) is 1. The first-order valence-electron chi connectivity index (χ1n) is 16.7. The van der Waals surface area contributed by atoms with Crippen LogP contribution in [0.25, 0.3) is 0 Å². The fourth-order valence-corrected chi connectivity index (χ4v) is 7.47. The van der Waals surface area contributed by atoms with E-state index in [9.17, 15) is 18.0 Å². The van der Waals surface area contributed by atoms with Crippen molar-refractivity contribution < 1.29 is 22.7 Å². The van der Waals surface area contributed by atoms with E-state index in [4.69, 9.17) is 4.74 Å². The van der Waals surface area contributed by atoms with Crippen LogP contribution in [-0.4, -0.2) is 50.4 Å². The van der Waals surface area contributed by atoms with Crippen molar-refractivity contribution in [3.05, 3.63) is 125 Å². The first-order chi connectivity index (χ1) is 23.1. The number of nitrogens with zero attached hydrogens (tertiary/aromatic N) is 2. The molecule has 9 heteroatoms. The van der Waals surface area contributed by atoms with Crippen LogP contribution in [0.2, 0.25) is 0 Å². The average molecular weight is 668 g/mol. The van der Waals surface area contributed by atoms with Crippen molar-refractivity contribution in [2.75, 3.05) is 17.5 Å². The van der Waals surface area contributed by atoms with Gasteiger partial charge in [-0.25, -0.2) is 8.42 Å². The highest BCUT2D eigenvalue weighted by Crippen LogP contribution is 2.28. The summed E-state index contributed by atoms with van der Waals surface area (Å²) in [5.74, 6) is -0.129. The molecule has 0 aliphatic heterocycles. The number of rotatable bonds is 14. The topological polar surface area (TPSA) is 96.0 Å². The van der Waals surface area contributed by atoms with Crippen LogP contribution in [0.5, 0.6) is 5.75 Å². The lowest BCUT2D eigenvalue weighted by Crippen LogP contribution is -2.54. The largest absolute Gasteiger partial charge is 0.494 e. The van der Waals surface area contributed by atoms with Gasteiger partial charge in [-0.15, -0.1) is 0 Å². The Labute approximate surface area is 284 Å². The Morgan fingerprint density at radius 1 is 0.812 bits per heavy atom. The third-order valence-corrected chi connectivity index (χ3v) is 10.6. The van der Waals surface area contributed by atoms with Gasteiger partial charge in [0.1, 0.15) is 18.3 Å². The summed E-state index contributed by atoms with van der Waals surface area (Å²) in [5.41, 5.74) is 4.05. The first-order valence-corrected chi connectivity index (χ1v) is 18.1. The number of hydrogen-bond acceptors (Lipinski definition) is 5. The van der Waals surface area contributed by atoms with E-state index in [1.807, 2.05) is 75.4 Å². The summed E-state index contributed by atoms with van der Waals surface area (Å²) >= 11 is 0. The van der Waals surface area contributed by atoms with Gasteiger partial charge in [0.2, 0.25) is 11.8 Å². The third-order valence-electron chi connectivity index (χ3n) is 8.77. The molecule has 1 saturated carbocycles. The summed E-state index contributed by atoms with van der Waals surface area (Å²) in [6.07, 6.45) is 4.18. The number of sulfonamides is 1. The van der Waals surface area contributed by atoms with Crippen molar-refractivity contribution >= 4 is 27.5 Å². The fourth-order valence-electron chi connectivity index (χ4n) is 6.05. The van der Waals surface area contributed by atoms with Crippen LogP contribution in [0.1, 0.15) is 54.9 Å². The molecule has 1 aliphatic rings. The van der Waals surface area contributed by atoms with E-state index in [1.165, 1.54) is 0 Å². The van der Waals surface area contributed by atoms with Gasteiger partial charge in [0, 0.05) is 19.0 Å². The molecule has 0 saturated heterocycles. The summed E-state index contributed by atoms with van der Waals surface area (Å²) in [6, 6.07) is 29.9. The maximum absolute atomic E-state index is 14.7. The molecule has 5 rings (SSSR count). The van der Waals surface area contributed by atoms with Crippen molar-refractivity contribution in [2.45, 2.75) is 76.4 Å². The zero-order valence-corrected chi connectivity index (χ0v) is 28.8. The Bertz CT molecular complexity index is 1750. The van der Waals surface area contributed by atoms with Crippen LogP contribution in [-0.2, 0) is 32.6 Å². The van der Waals surface area contributed by atoms with Crippen molar-refractivity contribution in [1.82, 2.24) is 10.2 Å². The maximum Gasteiger partial charge on any atom is 0.264 e. The third kappa shape index (κ3) is 8.83. The average Bonchev–Trinajstić information content (AvgIpc) is 3.60. The standard InChI is InChI=1S/C39H45N3O5S/c1-4-47-35-22-20-34(21-23-35)42(48(45,46)36-24-16-30(3)17-25-36)28-38(43)41(27-32-18-14-29(2)15-19-32)37(26-31-10-6-5-7-11-31)39(44)40-33-12-8-9-13-33/h5-7,10-11,14-25,33,37H,4,8-9,12-13,26-28H2,1-3H3,(H,40,44). The lowest BCUT2D eigenvalue weighted by atomic mass is 10.0. The minimum absolute atomic E-state index is 0.0503. The van der Waals surface area contributed by atoms with Gasteiger partial charge >= 0.3 is 0 Å². The molecule has 2 amide bonds. The second kappa shape index (κ2) is 16.0. The number of benzene rings is 4. The molecule has 0 radical (unpaired) electrons. The van der Waals surface area contributed by atoms with E-state index < -0.39 is 28.5 Å². The van der Waals surface area contributed by atoms with Gasteiger partial charge in [0.05, 0.1) is 17.2 Å². The Kier molecular flexibility index (Phi) is 11.5. The zero-order valence-electron chi connectivity index (χ0n) is 28.0. The molecule has 1 aliphatic carbocycles. The van der Waals surface area contributed by atoms with Crippen molar-refractivity contribution in [3.8, 4) is 5.75 Å². The first kappa shape index (κ1) is 34.7. The summed E-state index contributed by atoms with van der Waals surface area (Å²) in [7, 11) is -4.18. The molecule has 48 heavy (non-hydrogen) atoms. The molecule has 0 bridgehead atoms. The fraction of sp³-hybridized carbons (Fsp3) is 0.333. The molecule has 252 valence electrons. The van der Waals surface area contributed by atoms with Crippen molar-refractivity contribution in [2.24, 2.45) is 0 Å². The number of carbonyl (C=O) groups is 2. The van der Waals surface area contributed by atoms with Gasteiger partial charge in [-0.2, -0.15) is 0 Å². The molecule has 1 atom stereocenters. The van der Waals surface area contributed by atoms with Crippen LogP contribution in [0.3, 0.4) is 0 Å². The predicted molar refractivity (Wildman–Crippen MR) is 189 cm³/mol. The Balaban J connectivity index is 1.56. The molecule has 4 aromatic carbocycles. The van der Waals surface area contributed by atoms with E-state index in [0.717, 1.165) is 52.2 Å². The molecular formula is C39H45N3O5S. The van der Waals surface area contributed by atoms with Gasteiger partial charge in [-0.1, -0.05) is 90.7 Å². The molecule has 1 unspecified atom stereocenters. The van der Waals surface area contributed by atoms with E-state index in [-0.39, 0.29) is 29.8 Å². The van der Waals surface area contributed by atoms with Gasteiger partial charge < -0.3 is 15.0 Å². The highest BCUT2D eigenvalue weighted by atomic mass is 32.2. The minimum Gasteiger partial charge on any atom is -0.494 e. The second-order valence-electron chi connectivity index (χ2n) is 12.5. The zero-order chi connectivity index (χ0) is 34.1. The molecular weight excluding hydrogens is 623 g/mol. The van der Waals surface area contributed by atoms with E-state index >= 15 is 0 Å². The summed E-state index contributed by atoms with van der Waals surface area (Å²) < 4.78 is 35.3. The lowest BCUT2D eigenvalue weighted by molar-refractivity contribution is -0.140. The molecule has 0 aromatic heterocycles. The normalized spacial score (nSPS) is 13.9. The van der Waals surface area contributed by atoms with Crippen LogP contribution in [0, 0.1) is 13.8 Å². The summed E-state index contributed by atoms with van der Waals surface area (Å²) in [5, 5.41) is 3.22. The van der Waals surface area contributed by atoms with Gasteiger partial charge in [0.25, 0.3) is 10.0 Å². The molecule has 0 heterocycles. The molecule has 1 fully saturated rings. The predicted octanol–water partition coefficient (Wildman–Crippen LogP) is 6.60. The summed E-state index contributed by atoms with van der Waals surface area (Å²) in [6.45, 7) is 5.84. The minimum atomic E-state index is -4.18. The van der Waals surface area contributed by atoms with Crippen LogP contribution in [0.4, 0.5) is 5.69 Å². The van der Waals surface area contributed by atoms with Gasteiger partial charge in [-0.05, 0) is 81.1 Å². The van der Waals surface area contributed by atoms with Crippen LogP contribution >= 0.6 is 0 Å². The second-order valence-corrected chi connectivity index (χ2v) is 14.3. The highest BCUT2D eigenvalue weighted by molar-refractivity contribution is 7.92. The number of ether oxygens (including phenoxy) is 1. The SMILES string of the molecule is CCOc1ccc(N(CC(=O)N(Cc2ccc(C)cc2)C(Cc2ccccc2)C(=O)NC2CCCC2)S(=O)(=O)c2ccc(C)cc2)cc1. The van der Waals surface area contributed by atoms with E-state index in [2.05, 4.69) is 5.32 Å². The van der Waals surface area contributed by atoms with Crippen LogP contribution < -0.4 is 14.4 Å². The van der Waals surface area contributed by atoms with E-state index in [1.54, 1.807) is 53.4 Å². The number of amides is 2. The maximum atomic E-state index is 14.7. The van der Waals surface area contributed by atoms with E-state index in [0.29, 0.717) is 18.0 Å². The molecule has 8 nitrogen and oxygen atoms in total. The number of aryl methyl sites for hydroxylation is 2. The quantitative estimate of drug-likeness (QED) is 0.164. The molecule has 4 aromatic rings. The smallest absolute Gasteiger partial charge is 0.264 e. The number of hydrogen-bond donors (Lipinski definition) is 1. The van der Waals surface area contributed by atoms with Gasteiger partial charge in [0.15, 0.2) is 0 Å². The van der Waals surface area contributed by atoms with Crippen molar-refractivity contribution in [1.29, 1.82) is 0 Å². The summed E-state index contributed by atoms with van der Waals surface area (Å²) in [4.78, 5) is 30.5. The Hall–Kier alpha value is -4.63. The monoisotopic (exact) mass is 667 g/mol. The highest BCUT2D eigenvalue weighted by Gasteiger charge is 2.35.